The normalized spacial score (nSPS) is 16.2. The smallest absolute Gasteiger partial charge is 0.332 e. The molecule has 1 aliphatic rings. The third-order valence-corrected chi connectivity index (χ3v) is 4.63. The molecule has 124 valence electrons. The molecule has 1 amide bonds. The molecular formula is C14H20N6O3. The number of hydrogen-bond donors (Lipinski definition) is 1. The number of carbonyl (C=O) groups excluding carboxylic acids is 1. The van der Waals surface area contributed by atoms with Crippen LogP contribution >= 0.6 is 0 Å². The molecule has 3 rings (SSSR count). The predicted molar refractivity (Wildman–Crippen MR) is 85.3 cm³/mol. The van der Waals surface area contributed by atoms with Crippen LogP contribution < -0.4 is 21.9 Å². The number of rotatable bonds is 2. The number of aryl methyl sites for hydroxylation is 2. The van der Waals surface area contributed by atoms with E-state index in [1.165, 1.54) is 11.6 Å². The van der Waals surface area contributed by atoms with Crippen LogP contribution in [0.15, 0.2) is 9.59 Å². The fourth-order valence-corrected chi connectivity index (χ4v) is 3.15. The van der Waals surface area contributed by atoms with Gasteiger partial charge in [0.15, 0.2) is 11.2 Å². The maximum Gasteiger partial charge on any atom is 0.332 e. The first-order valence-electron chi connectivity index (χ1n) is 7.49. The second kappa shape index (κ2) is 5.25. The van der Waals surface area contributed by atoms with E-state index in [1.807, 2.05) is 4.90 Å². The summed E-state index contributed by atoms with van der Waals surface area (Å²) in [6, 6.07) is 0. The van der Waals surface area contributed by atoms with Crippen LogP contribution in [0, 0.1) is 5.92 Å². The lowest BCUT2D eigenvalue weighted by molar-refractivity contribution is -0.122. The minimum absolute atomic E-state index is 0.113. The molecule has 2 aromatic rings. The van der Waals surface area contributed by atoms with Gasteiger partial charge in [-0.25, -0.2) is 4.79 Å². The molecule has 2 N–H and O–H groups in total. The highest BCUT2D eigenvalue weighted by molar-refractivity contribution is 5.77. The second-order valence-corrected chi connectivity index (χ2v) is 6.01. The van der Waals surface area contributed by atoms with Gasteiger partial charge in [-0.15, -0.1) is 0 Å². The summed E-state index contributed by atoms with van der Waals surface area (Å²) in [5.41, 5.74) is 5.35. The lowest BCUT2D eigenvalue weighted by atomic mass is 9.96. The highest BCUT2D eigenvalue weighted by atomic mass is 16.2. The van der Waals surface area contributed by atoms with E-state index in [4.69, 9.17) is 5.73 Å². The summed E-state index contributed by atoms with van der Waals surface area (Å²) in [6.45, 7) is 1.28. The number of fused-ring (bicyclic) bond motifs is 1. The number of hydrogen-bond acceptors (Lipinski definition) is 5. The summed E-state index contributed by atoms with van der Waals surface area (Å²) < 4.78 is 4.16. The summed E-state index contributed by atoms with van der Waals surface area (Å²) in [5, 5.41) is 0. The van der Waals surface area contributed by atoms with Gasteiger partial charge in [0.25, 0.3) is 5.56 Å². The summed E-state index contributed by atoms with van der Waals surface area (Å²) in [7, 11) is 4.81. The first kappa shape index (κ1) is 15.3. The van der Waals surface area contributed by atoms with Gasteiger partial charge < -0.3 is 15.2 Å². The zero-order valence-corrected chi connectivity index (χ0v) is 13.4. The highest BCUT2D eigenvalue weighted by Gasteiger charge is 2.27. The number of anilines is 1. The minimum atomic E-state index is -0.403. The number of nitrogens with two attached hydrogens (primary N) is 1. The molecular weight excluding hydrogens is 300 g/mol. The third-order valence-electron chi connectivity index (χ3n) is 4.63. The third kappa shape index (κ3) is 2.23. The Bertz CT molecular complexity index is 898. The number of nitrogens with zero attached hydrogens (tertiary/aromatic N) is 5. The van der Waals surface area contributed by atoms with Crippen LogP contribution in [-0.2, 0) is 25.9 Å². The van der Waals surface area contributed by atoms with Crippen molar-refractivity contribution in [3.63, 3.8) is 0 Å². The fourth-order valence-electron chi connectivity index (χ4n) is 3.15. The van der Waals surface area contributed by atoms with E-state index in [0.717, 1.165) is 4.57 Å². The fraction of sp³-hybridized carbons (Fsp3) is 0.571. The summed E-state index contributed by atoms with van der Waals surface area (Å²) >= 11 is 0. The van der Waals surface area contributed by atoms with Crippen LogP contribution in [0.3, 0.4) is 0 Å². The molecule has 0 spiro atoms. The topological polar surface area (TPSA) is 108 Å². The van der Waals surface area contributed by atoms with Gasteiger partial charge in [-0.1, -0.05) is 0 Å². The van der Waals surface area contributed by atoms with Crippen LogP contribution in [0.5, 0.6) is 0 Å². The van der Waals surface area contributed by atoms with Crippen LogP contribution in [-0.4, -0.2) is 37.7 Å². The molecule has 0 aromatic carbocycles. The van der Waals surface area contributed by atoms with Crippen molar-refractivity contribution < 1.29 is 4.79 Å². The molecule has 3 heterocycles. The van der Waals surface area contributed by atoms with Gasteiger partial charge in [-0.3, -0.25) is 18.7 Å². The molecule has 9 heteroatoms. The molecule has 0 unspecified atom stereocenters. The summed E-state index contributed by atoms with van der Waals surface area (Å²) in [6.07, 6.45) is 1.32. The van der Waals surface area contributed by atoms with Crippen molar-refractivity contribution in [1.29, 1.82) is 0 Å². The lowest BCUT2D eigenvalue weighted by Crippen LogP contribution is -2.39. The molecule has 0 aliphatic carbocycles. The van der Waals surface area contributed by atoms with Gasteiger partial charge in [-0.05, 0) is 12.8 Å². The Balaban J connectivity index is 2.07. The van der Waals surface area contributed by atoms with Crippen molar-refractivity contribution >= 4 is 23.0 Å². The van der Waals surface area contributed by atoms with Gasteiger partial charge in [-0.2, -0.15) is 4.98 Å². The van der Waals surface area contributed by atoms with Gasteiger partial charge in [0.2, 0.25) is 11.9 Å². The molecule has 0 atom stereocenters. The largest absolute Gasteiger partial charge is 0.369 e. The Morgan fingerprint density at radius 1 is 1.09 bits per heavy atom. The number of imidazole rings is 1. The summed E-state index contributed by atoms with van der Waals surface area (Å²) in [4.78, 5) is 42.2. The Morgan fingerprint density at radius 3 is 2.26 bits per heavy atom. The predicted octanol–water partition coefficient (Wildman–Crippen LogP) is -1.33. The van der Waals surface area contributed by atoms with Crippen molar-refractivity contribution in [2.45, 2.75) is 12.8 Å². The Labute approximate surface area is 131 Å². The molecule has 1 fully saturated rings. The SMILES string of the molecule is Cn1c(=O)c2c(nc(N3CCC(C(N)=O)CC3)n2C)n(C)c1=O. The quantitative estimate of drug-likeness (QED) is 0.738. The van der Waals surface area contributed by atoms with Crippen LogP contribution in [0.1, 0.15) is 12.8 Å². The van der Waals surface area contributed by atoms with Crippen LogP contribution in [0.2, 0.25) is 0 Å². The highest BCUT2D eigenvalue weighted by Crippen LogP contribution is 2.24. The lowest BCUT2D eigenvalue weighted by Gasteiger charge is -2.31. The van der Waals surface area contributed by atoms with E-state index in [-0.39, 0.29) is 17.4 Å². The van der Waals surface area contributed by atoms with Crippen molar-refractivity contribution in [3.8, 4) is 0 Å². The van der Waals surface area contributed by atoms with Crippen molar-refractivity contribution in [3.05, 3.63) is 20.8 Å². The molecule has 1 saturated heterocycles. The Hall–Kier alpha value is -2.58. The van der Waals surface area contributed by atoms with Crippen molar-refractivity contribution in [2.75, 3.05) is 18.0 Å². The zero-order valence-electron chi connectivity index (χ0n) is 13.4. The number of aromatic nitrogens is 4. The van der Waals surface area contributed by atoms with E-state index in [9.17, 15) is 14.4 Å². The van der Waals surface area contributed by atoms with Crippen molar-refractivity contribution in [2.24, 2.45) is 32.8 Å². The second-order valence-electron chi connectivity index (χ2n) is 6.01. The van der Waals surface area contributed by atoms with E-state index < -0.39 is 5.69 Å². The standard InChI is InChI=1S/C14H20N6O3/c1-17-9-11(18(2)14(23)19(3)12(9)22)16-13(17)20-6-4-8(5-7-20)10(15)21/h8H,4-7H2,1-3H3,(H2,15,21). The van der Waals surface area contributed by atoms with Gasteiger partial charge >= 0.3 is 5.69 Å². The summed E-state index contributed by atoms with van der Waals surface area (Å²) in [5.74, 6) is 0.241. The monoisotopic (exact) mass is 320 g/mol. The molecule has 0 radical (unpaired) electrons. The van der Waals surface area contributed by atoms with Gasteiger partial charge in [0.1, 0.15) is 0 Å². The van der Waals surface area contributed by atoms with Gasteiger partial charge in [0.05, 0.1) is 0 Å². The number of primary amides is 1. The average Bonchev–Trinajstić information content (AvgIpc) is 2.88. The Morgan fingerprint density at radius 2 is 1.70 bits per heavy atom. The Kier molecular flexibility index (Phi) is 3.50. The molecule has 9 nitrogen and oxygen atoms in total. The average molecular weight is 320 g/mol. The maximum atomic E-state index is 12.4. The molecule has 0 bridgehead atoms. The number of piperidine rings is 1. The van der Waals surface area contributed by atoms with E-state index in [1.54, 1.807) is 18.7 Å². The van der Waals surface area contributed by atoms with Gasteiger partial charge in [0, 0.05) is 40.2 Å². The molecule has 23 heavy (non-hydrogen) atoms. The minimum Gasteiger partial charge on any atom is -0.369 e. The maximum absolute atomic E-state index is 12.4. The number of carbonyl (C=O) groups is 1. The first-order valence-corrected chi connectivity index (χ1v) is 7.49. The van der Waals surface area contributed by atoms with Crippen molar-refractivity contribution in [1.82, 2.24) is 18.7 Å². The molecule has 1 aliphatic heterocycles. The molecule has 2 aromatic heterocycles. The number of amides is 1. The zero-order chi connectivity index (χ0) is 16.9. The van der Waals surface area contributed by atoms with E-state index >= 15 is 0 Å². The van der Waals surface area contributed by atoms with E-state index in [2.05, 4.69) is 4.98 Å². The van der Waals surface area contributed by atoms with Crippen LogP contribution in [0.4, 0.5) is 5.95 Å². The van der Waals surface area contributed by atoms with Crippen LogP contribution in [0.25, 0.3) is 11.2 Å². The molecule has 0 saturated carbocycles. The van der Waals surface area contributed by atoms with E-state index in [0.29, 0.717) is 43.0 Å². The first-order chi connectivity index (χ1) is 10.8.